The van der Waals surface area contributed by atoms with Crippen molar-refractivity contribution in [2.75, 3.05) is 6.54 Å². The van der Waals surface area contributed by atoms with Crippen molar-refractivity contribution in [1.82, 2.24) is 39.2 Å². The summed E-state index contributed by atoms with van der Waals surface area (Å²) >= 11 is 3.57. The van der Waals surface area contributed by atoms with Gasteiger partial charge in [0, 0.05) is 42.6 Å². The molecule has 1 atom stereocenters. The van der Waals surface area contributed by atoms with E-state index >= 15 is 0 Å². The number of halogens is 1. The van der Waals surface area contributed by atoms with Crippen LogP contribution in [0.3, 0.4) is 0 Å². The minimum absolute atomic E-state index is 0.165. The van der Waals surface area contributed by atoms with Gasteiger partial charge in [-0.3, -0.25) is 9.48 Å². The molecule has 0 fully saturated rings. The summed E-state index contributed by atoms with van der Waals surface area (Å²) in [6, 6.07) is 5.39. The van der Waals surface area contributed by atoms with Crippen LogP contribution < -0.4 is 0 Å². The topological polar surface area (TPSA) is 110 Å². The smallest absolute Gasteiger partial charge is 0.292 e. The summed E-state index contributed by atoms with van der Waals surface area (Å²) in [5.41, 5.74) is 4.14. The predicted molar refractivity (Wildman–Crippen MR) is 117 cm³/mol. The zero-order valence-electron chi connectivity index (χ0n) is 16.9. The summed E-state index contributed by atoms with van der Waals surface area (Å²) in [6.45, 7) is 0.497. The van der Waals surface area contributed by atoms with Gasteiger partial charge in [0.2, 0.25) is 11.7 Å². The van der Waals surface area contributed by atoms with Crippen LogP contribution in [0.25, 0.3) is 17.0 Å². The van der Waals surface area contributed by atoms with Crippen LogP contribution in [-0.4, -0.2) is 51.7 Å². The zero-order valence-corrected chi connectivity index (χ0v) is 18.5. The summed E-state index contributed by atoms with van der Waals surface area (Å²) in [7, 11) is 1.81. The second-order valence-corrected chi connectivity index (χ2v) is 8.46. The van der Waals surface area contributed by atoms with Gasteiger partial charge in [-0.25, -0.2) is 14.5 Å². The third kappa shape index (κ3) is 2.96. The van der Waals surface area contributed by atoms with Gasteiger partial charge < -0.3 is 14.3 Å². The maximum atomic E-state index is 13.5. The van der Waals surface area contributed by atoms with Crippen LogP contribution in [0.4, 0.5) is 0 Å². The Morgan fingerprint density at radius 3 is 3.03 bits per heavy atom. The molecule has 1 N–H and O–H groups in total. The van der Waals surface area contributed by atoms with E-state index in [0.29, 0.717) is 24.4 Å². The molecule has 6 rings (SSSR count). The molecule has 0 aromatic carbocycles. The van der Waals surface area contributed by atoms with E-state index in [1.165, 1.54) is 6.20 Å². The van der Waals surface area contributed by atoms with Crippen molar-refractivity contribution in [2.24, 2.45) is 7.05 Å². The number of pyridine rings is 1. The maximum absolute atomic E-state index is 13.5. The molecule has 1 amide bonds. The molecule has 5 aromatic heterocycles. The summed E-state index contributed by atoms with van der Waals surface area (Å²) in [5.74, 6) is 0.257. The van der Waals surface area contributed by atoms with Crippen LogP contribution in [0, 0.1) is 0 Å². The third-order valence-electron chi connectivity index (χ3n) is 5.60. The first-order valence-electron chi connectivity index (χ1n) is 10.0. The molecule has 0 bridgehead atoms. The summed E-state index contributed by atoms with van der Waals surface area (Å²) in [4.78, 5) is 27.3. The first-order valence-corrected chi connectivity index (χ1v) is 10.8. The summed E-state index contributed by atoms with van der Waals surface area (Å²) in [5, 5.41) is 8.87. The van der Waals surface area contributed by atoms with Gasteiger partial charge in [0.05, 0.1) is 41.2 Å². The number of hydrogen-bond donors (Lipinski definition) is 1. The number of oxazole rings is 1. The van der Waals surface area contributed by atoms with Crippen LogP contribution in [0.1, 0.15) is 33.7 Å². The summed E-state index contributed by atoms with van der Waals surface area (Å²) < 4.78 is 10.2. The Morgan fingerprint density at radius 1 is 1.31 bits per heavy atom. The Hall–Kier alpha value is -3.73. The van der Waals surface area contributed by atoms with E-state index in [-0.39, 0.29) is 11.7 Å². The highest BCUT2D eigenvalue weighted by Gasteiger charge is 2.37. The third-order valence-corrected chi connectivity index (χ3v) is 6.27. The van der Waals surface area contributed by atoms with E-state index in [1.807, 2.05) is 31.4 Å². The highest BCUT2D eigenvalue weighted by Crippen LogP contribution is 2.35. The molecule has 10 nitrogen and oxygen atoms in total. The number of aromatic amines is 1. The standard InChI is InChI=1S/C21H17BrN8O2/c1-28-10-12(8-26-28)20-23-9-17(32-20)21(31)29-6-4-14-18(25-11-24-14)19(29)15-7-16-13(22)3-2-5-30(16)27-15/h2-3,5,7-11,19H,4,6H2,1H3,(H,24,25)/t19-/m1/s1. The molecule has 0 saturated heterocycles. The van der Waals surface area contributed by atoms with Crippen LogP contribution >= 0.6 is 15.9 Å². The Labute approximate surface area is 190 Å². The van der Waals surface area contributed by atoms with Gasteiger partial charge in [0.1, 0.15) is 6.04 Å². The van der Waals surface area contributed by atoms with Crippen LogP contribution in [-0.2, 0) is 13.5 Å². The van der Waals surface area contributed by atoms with E-state index in [1.54, 1.807) is 32.8 Å². The molecule has 160 valence electrons. The van der Waals surface area contributed by atoms with Gasteiger partial charge in [-0.1, -0.05) is 0 Å². The fourth-order valence-corrected chi connectivity index (χ4v) is 4.56. The number of imidazole rings is 1. The van der Waals surface area contributed by atoms with Crippen LogP contribution in [0.15, 0.2) is 58.2 Å². The lowest BCUT2D eigenvalue weighted by atomic mass is 9.99. The van der Waals surface area contributed by atoms with Crippen LogP contribution in [0.2, 0.25) is 0 Å². The fraction of sp³-hybridized carbons (Fsp3) is 0.190. The number of hydrogen-bond acceptors (Lipinski definition) is 6. The summed E-state index contributed by atoms with van der Waals surface area (Å²) in [6.07, 6.45) is 9.09. The molecule has 1 aliphatic heterocycles. The van der Waals surface area contributed by atoms with Crippen molar-refractivity contribution in [3.05, 3.63) is 76.6 Å². The quantitative estimate of drug-likeness (QED) is 0.414. The van der Waals surface area contributed by atoms with Gasteiger partial charge in [-0.15, -0.1) is 0 Å². The second kappa shape index (κ2) is 7.16. The van der Waals surface area contributed by atoms with Crippen molar-refractivity contribution in [1.29, 1.82) is 0 Å². The number of nitrogens with zero attached hydrogens (tertiary/aromatic N) is 7. The predicted octanol–water partition coefficient (Wildman–Crippen LogP) is 3.00. The molecule has 0 unspecified atom stereocenters. The lowest BCUT2D eigenvalue weighted by Gasteiger charge is -2.33. The van der Waals surface area contributed by atoms with E-state index in [2.05, 4.69) is 36.0 Å². The molecule has 0 spiro atoms. The lowest BCUT2D eigenvalue weighted by Crippen LogP contribution is -2.40. The van der Waals surface area contributed by atoms with Crippen molar-refractivity contribution in [3.8, 4) is 11.5 Å². The maximum Gasteiger partial charge on any atom is 0.292 e. The van der Waals surface area contributed by atoms with E-state index < -0.39 is 6.04 Å². The Balaban J connectivity index is 1.41. The normalized spacial score (nSPS) is 15.9. The number of amides is 1. The number of nitrogens with one attached hydrogen (secondary N) is 1. The molecule has 0 aliphatic carbocycles. The average molecular weight is 493 g/mol. The molecule has 1 aliphatic rings. The minimum Gasteiger partial charge on any atom is -0.431 e. The van der Waals surface area contributed by atoms with Crippen molar-refractivity contribution < 1.29 is 9.21 Å². The number of aryl methyl sites for hydroxylation is 1. The molecule has 0 saturated carbocycles. The number of carbonyl (C=O) groups is 1. The van der Waals surface area contributed by atoms with E-state index in [0.717, 1.165) is 27.1 Å². The Morgan fingerprint density at radius 2 is 2.22 bits per heavy atom. The highest BCUT2D eigenvalue weighted by molar-refractivity contribution is 9.10. The molecular weight excluding hydrogens is 476 g/mol. The van der Waals surface area contributed by atoms with E-state index in [4.69, 9.17) is 9.52 Å². The van der Waals surface area contributed by atoms with Gasteiger partial charge >= 0.3 is 0 Å². The van der Waals surface area contributed by atoms with Gasteiger partial charge in [0.15, 0.2) is 0 Å². The fourth-order valence-electron chi connectivity index (χ4n) is 4.11. The SMILES string of the molecule is Cn1cc(-c2ncc(C(=O)N3CCc4[nH]cnc4[C@H]3c3cc4c(Br)cccn4n3)o2)cn1. The number of rotatable bonds is 3. The number of fused-ring (bicyclic) bond motifs is 2. The Kier molecular flexibility index (Phi) is 4.25. The number of aromatic nitrogens is 7. The Bertz CT molecular complexity index is 1460. The molecular formula is C21H17BrN8O2. The van der Waals surface area contributed by atoms with Gasteiger partial charge in [-0.2, -0.15) is 10.2 Å². The van der Waals surface area contributed by atoms with Crippen molar-refractivity contribution in [3.63, 3.8) is 0 Å². The molecule has 32 heavy (non-hydrogen) atoms. The minimum atomic E-state index is -0.448. The largest absolute Gasteiger partial charge is 0.431 e. The monoisotopic (exact) mass is 492 g/mol. The molecule has 11 heteroatoms. The number of carbonyl (C=O) groups excluding carboxylic acids is 1. The van der Waals surface area contributed by atoms with E-state index in [9.17, 15) is 4.79 Å². The average Bonchev–Trinajstić information content (AvgIpc) is 3.57. The molecule has 0 radical (unpaired) electrons. The first kappa shape index (κ1) is 19.0. The van der Waals surface area contributed by atoms with Crippen molar-refractivity contribution in [2.45, 2.75) is 12.5 Å². The zero-order chi connectivity index (χ0) is 21.8. The highest BCUT2D eigenvalue weighted by atomic mass is 79.9. The second-order valence-electron chi connectivity index (χ2n) is 7.60. The van der Waals surface area contributed by atoms with Gasteiger partial charge in [-0.05, 0) is 34.1 Å². The number of H-pyrrole nitrogens is 1. The van der Waals surface area contributed by atoms with Crippen LogP contribution in [0.5, 0.6) is 0 Å². The molecule has 5 aromatic rings. The van der Waals surface area contributed by atoms with Crippen molar-refractivity contribution >= 4 is 27.4 Å². The lowest BCUT2D eigenvalue weighted by molar-refractivity contribution is 0.0655. The van der Waals surface area contributed by atoms with Gasteiger partial charge in [0.25, 0.3) is 5.91 Å². The first-order chi connectivity index (χ1) is 15.6. The molecule has 6 heterocycles.